The summed E-state index contributed by atoms with van der Waals surface area (Å²) in [7, 11) is 1.38. The SMILES string of the molecule is CNC(=O)c1nc(NC(=O)c2nsc3ccccc23)c2n1CC(=O)N[C@]21C(=O)Nc2ccc(F)cc21. The Morgan fingerprint density at radius 1 is 1.17 bits per heavy atom. The Hall–Kier alpha value is -4.65. The third kappa shape index (κ3) is 2.95. The molecule has 180 valence electrons. The lowest BCUT2D eigenvalue weighted by atomic mass is 9.85. The molecule has 0 radical (unpaired) electrons. The van der Waals surface area contributed by atoms with Gasteiger partial charge in [0.15, 0.2) is 11.4 Å². The first kappa shape index (κ1) is 21.9. The standard InChI is InChI=1S/C23H16FN7O4S/c1-25-21(34)19-27-18(28-20(33)16-11-4-2-3-5-14(11)36-30-16)17-23(29-15(32)9-31(17)19)12-8-10(24)6-7-13(12)26-22(23)35/h2-8H,9H2,1H3,(H,25,34)(H,26,35)(H,28,33)(H,29,32)/t23-/m0/s1. The molecule has 6 rings (SSSR count). The van der Waals surface area contributed by atoms with Gasteiger partial charge in [0.2, 0.25) is 11.7 Å². The predicted octanol–water partition coefficient (Wildman–Crippen LogP) is 1.57. The molecule has 4 amide bonds. The van der Waals surface area contributed by atoms with E-state index in [9.17, 15) is 23.6 Å². The Bertz CT molecular complexity index is 1640. The van der Waals surface area contributed by atoms with E-state index < -0.39 is 35.0 Å². The van der Waals surface area contributed by atoms with Crippen molar-refractivity contribution in [2.24, 2.45) is 0 Å². The fraction of sp³-hybridized carbons (Fsp3) is 0.130. The number of nitrogens with zero attached hydrogens (tertiary/aromatic N) is 3. The van der Waals surface area contributed by atoms with Crippen molar-refractivity contribution < 1.29 is 23.6 Å². The largest absolute Gasteiger partial charge is 0.352 e. The Balaban J connectivity index is 1.57. The number of amides is 4. The van der Waals surface area contributed by atoms with Crippen molar-refractivity contribution in [2.45, 2.75) is 12.1 Å². The second-order valence-electron chi connectivity index (χ2n) is 8.22. The van der Waals surface area contributed by atoms with Gasteiger partial charge in [-0.2, -0.15) is 4.37 Å². The minimum atomic E-state index is -1.93. The third-order valence-electron chi connectivity index (χ3n) is 6.18. The summed E-state index contributed by atoms with van der Waals surface area (Å²) in [5, 5.41) is 11.0. The van der Waals surface area contributed by atoms with Gasteiger partial charge in [-0.1, -0.05) is 18.2 Å². The first-order chi connectivity index (χ1) is 17.3. The van der Waals surface area contributed by atoms with E-state index >= 15 is 0 Å². The number of halogens is 1. The first-order valence-electron chi connectivity index (χ1n) is 10.7. The number of nitrogens with one attached hydrogen (secondary N) is 4. The highest BCUT2D eigenvalue weighted by Gasteiger charge is 2.56. The number of carbonyl (C=O) groups excluding carboxylic acids is 4. The monoisotopic (exact) mass is 505 g/mol. The van der Waals surface area contributed by atoms with E-state index in [1.807, 2.05) is 12.1 Å². The molecule has 4 heterocycles. The van der Waals surface area contributed by atoms with Gasteiger partial charge in [-0.25, -0.2) is 9.37 Å². The van der Waals surface area contributed by atoms with Crippen LogP contribution in [0.15, 0.2) is 42.5 Å². The Morgan fingerprint density at radius 3 is 2.78 bits per heavy atom. The van der Waals surface area contributed by atoms with Crippen LogP contribution in [-0.2, 0) is 21.7 Å². The Morgan fingerprint density at radius 2 is 1.97 bits per heavy atom. The van der Waals surface area contributed by atoms with Gasteiger partial charge in [0, 0.05) is 23.7 Å². The minimum Gasteiger partial charge on any atom is -0.352 e. The molecular weight excluding hydrogens is 489 g/mol. The highest BCUT2D eigenvalue weighted by atomic mass is 32.1. The summed E-state index contributed by atoms with van der Waals surface area (Å²) in [6, 6.07) is 10.8. The number of benzene rings is 2. The van der Waals surface area contributed by atoms with Crippen LogP contribution in [0.5, 0.6) is 0 Å². The number of hydrogen-bond donors (Lipinski definition) is 4. The van der Waals surface area contributed by atoms with Crippen molar-refractivity contribution in [3.05, 3.63) is 71.1 Å². The summed E-state index contributed by atoms with van der Waals surface area (Å²) in [4.78, 5) is 56.5. The summed E-state index contributed by atoms with van der Waals surface area (Å²) >= 11 is 1.14. The fourth-order valence-electron chi connectivity index (χ4n) is 4.66. The van der Waals surface area contributed by atoms with Gasteiger partial charge < -0.3 is 25.8 Å². The lowest BCUT2D eigenvalue weighted by Gasteiger charge is -2.34. The Labute approximate surface area is 205 Å². The minimum absolute atomic E-state index is 0.0236. The van der Waals surface area contributed by atoms with Crippen LogP contribution in [0.4, 0.5) is 15.9 Å². The molecule has 36 heavy (non-hydrogen) atoms. The molecular formula is C23H16FN7O4S. The highest BCUT2D eigenvalue weighted by Crippen LogP contribution is 2.45. The molecule has 2 aromatic heterocycles. The molecule has 0 fully saturated rings. The smallest absolute Gasteiger partial charge is 0.287 e. The molecule has 13 heteroatoms. The van der Waals surface area contributed by atoms with Crippen molar-refractivity contribution in [2.75, 3.05) is 17.7 Å². The van der Waals surface area contributed by atoms with Crippen molar-refractivity contribution in [3.8, 4) is 0 Å². The van der Waals surface area contributed by atoms with Crippen LogP contribution in [0.1, 0.15) is 32.4 Å². The average molecular weight is 505 g/mol. The van der Waals surface area contributed by atoms with Gasteiger partial charge in [0.1, 0.15) is 23.7 Å². The molecule has 1 spiro atoms. The van der Waals surface area contributed by atoms with Crippen LogP contribution >= 0.6 is 11.5 Å². The summed E-state index contributed by atoms with van der Waals surface area (Å²) in [5.41, 5.74) is -1.37. The van der Waals surface area contributed by atoms with Crippen LogP contribution in [0.2, 0.25) is 0 Å². The predicted molar refractivity (Wildman–Crippen MR) is 127 cm³/mol. The molecule has 0 saturated heterocycles. The lowest BCUT2D eigenvalue weighted by molar-refractivity contribution is -0.131. The van der Waals surface area contributed by atoms with E-state index in [-0.39, 0.29) is 40.8 Å². The normalized spacial score (nSPS) is 17.9. The van der Waals surface area contributed by atoms with E-state index in [2.05, 4.69) is 30.6 Å². The second kappa shape index (κ2) is 7.68. The van der Waals surface area contributed by atoms with Crippen molar-refractivity contribution in [1.82, 2.24) is 24.6 Å². The number of imidazole rings is 1. The molecule has 2 aliphatic heterocycles. The summed E-state index contributed by atoms with van der Waals surface area (Å²) < 4.78 is 20.6. The maximum atomic E-state index is 14.3. The highest BCUT2D eigenvalue weighted by molar-refractivity contribution is 7.13. The maximum absolute atomic E-state index is 14.3. The molecule has 4 N–H and O–H groups in total. The molecule has 0 saturated carbocycles. The zero-order chi connectivity index (χ0) is 25.2. The van der Waals surface area contributed by atoms with Crippen LogP contribution in [-0.4, -0.2) is 44.6 Å². The van der Waals surface area contributed by atoms with Crippen LogP contribution < -0.4 is 21.3 Å². The zero-order valence-corrected chi connectivity index (χ0v) is 19.3. The van der Waals surface area contributed by atoms with Crippen LogP contribution in [0, 0.1) is 5.82 Å². The maximum Gasteiger partial charge on any atom is 0.287 e. The molecule has 0 bridgehead atoms. The van der Waals surface area contributed by atoms with E-state index in [4.69, 9.17) is 0 Å². The van der Waals surface area contributed by atoms with Gasteiger partial charge in [-0.05, 0) is 35.8 Å². The number of carbonyl (C=O) groups is 4. The number of anilines is 2. The van der Waals surface area contributed by atoms with Crippen LogP contribution in [0.25, 0.3) is 10.1 Å². The third-order valence-corrected chi connectivity index (χ3v) is 7.01. The van der Waals surface area contributed by atoms with Crippen molar-refractivity contribution in [3.63, 3.8) is 0 Å². The van der Waals surface area contributed by atoms with Crippen molar-refractivity contribution >= 4 is 56.8 Å². The second-order valence-corrected chi connectivity index (χ2v) is 9.03. The molecule has 0 unspecified atom stereocenters. The van der Waals surface area contributed by atoms with Gasteiger partial charge in [0.05, 0.1) is 4.70 Å². The van der Waals surface area contributed by atoms with E-state index in [1.54, 1.807) is 12.1 Å². The summed E-state index contributed by atoms with van der Waals surface area (Å²) in [5.74, 6) is -3.52. The number of fused-ring (bicyclic) bond motifs is 5. The molecule has 2 aliphatic rings. The van der Waals surface area contributed by atoms with Gasteiger partial charge in [-0.15, -0.1) is 0 Å². The van der Waals surface area contributed by atoms with E-state index in [0.717, 1.165) is 22.3 Å². The van der Waals surface area contributed by atoms with Gasteiger partial charge in [-0.3, -0.25) is 19.2 Å². The molecule has 4 aromatic rings. The topological polar surface area (TPSA) is 147 Å². The van der Waals surface area contributed by atoms with E-state index in [0.29, 0.717) is 5.39 Å². The quantitative estimate of drug-likeness (QED) is 0.332. The Kier molecular flexibility index (Phi) is 4.66. The number of aromatic nitrogens is 3. The van der Waals surface area contributed by atoms with Gasteiger partial charge in [0.25, 0.3) is 17.7 Å². The number of rotatable bonds is 3. The molecule has 11 nitrogen and oxygen atoms in total. The molecule has 1 atom stereocenters. The first-order valence-corrected chi connectivity index (χ1v) is 11.5. The molecule has 0 aliphatic carbocycles. The fourth-order valence-corrected chi connectivity index (χ4v) is 5.43. The summed E-state index contributed by atoms with van der Waals surface area (Å²) in [6.45, 7) is -0.347. The number of hydrogen-bond acceptors (Lipinski definition) is 7. The zero-order valence-electron chi connectivity index (χ0n) is 18.5. The van der Waals surface area contributed by atoms with E-state index in [1.165, 1.54) is 23.7 Å². The van der Waals surface area contributed by atoms with Gasteiger partial charge >= 0.3 is 0 Å². The lowest BCUT2D eigenvalue weighted by Crippen LogP contribution is -2.57. The summed E-state index contributed by atoms with van der Waals surface area (Å²) in [6.07, 6.45) is 0. The molecule has 2 aromatic carbocycles. The van der Waals surface area contributed by atoms with Crippen molar-refractivity contribution in [1.29, 1.82) is 0 Å². The van der Waals surface area contributed by atoms with Crippen LogP contribution in [0.3, 0.4) is 0 Å². The average Bonchev–Trinajstić information content (AvgIpc) is 3.52.